The average Bonchev–Trinajstić information content (AvgIpc) is 3.60. The number of nitrogens with zero attached hydrogens (tertiary/aromatic N) is 3. The smallest absolute Gasteiger partial charge is 0.232 e. The molecule has 7 nitrogen and oxygen atoms in total. The van der Waals surface area contributed by atoms with E-state index in [2.05, 4.69) is 34.9 Å². The number of carbonyl (C=O) groups excluding carboxylic acids is 1. The van der Waals surface area contributed by atoms with Crippen LogP contribution < -0.4 is 10.2 Å². The summed E-state index contributed by atoms with van der Waals surface area (Å²) in [6.45, 7) is 7.86. The molecule has 1 fully saturated rings. The maximum absolute atomic E-state index is 12.5. The number of carbonyl (C=O) groups is 1. The number of aliphatic hydroxyl groups is 1. The van der Waals surface area contributed by atoms with Crippen molar-refractivity contribution in [1.29, 1.82) is 0 Å². The predicted octanol–water partition coefficient (Wildman–Crippen LogP) is 5.44. The van der Waals surface area contributed by atoms with Gasteiger partial charge in [0, 0.05) is 32.0 Å². The number of pyridine rings is 2. The number of fused-ring (bicyclic) bond motifs is 1. The molecule has 1 aromatic carbocycles. The largest absolute Gasteiger partial charge is 0.395 e. The molecule has 1 aliphatic carbocycles. The second kappa shape index (κ2) is 9.99. The minimum absolute atomic E-state index is 0.123. The summed E-state index contributed by atoms with van der Waals surface area (Å²) in [5.41, 5.74) is 0.901. The zero-order chi connectivity index (χ0) is 24.3. The molecule has 4 rings (SSSR count). The van der Waals surface area contributed by atoms with Crippen molar-refractivity contribution in [3.8, 4) is 0 Å². The molecule has 0 bridgehead atoms. The third kappa shape index (κ3) is 5.75. The highest BCUT2D eigenvalue weighted by Crippen LogP contribution is 2.46. The Bertz CT molecular complexity index is 1160. The number of hydrogen-bond donors (Lipinski definition) is 2. The molecule has 1 saturated carbocycles. The van der Waals surface area contributed by atoms with Crippen LogP contribution in [0.5, 0.6) is 0 Å². The Morgan fingerprint density at radius 3 is 2.65 bits per heavy atom. The average molecular weight is 499 g/mol. The summed E-state index contributed by atoms with van der Waals surface area (Å²) in [7, 11) is -1.21. The van der Waals surface area contributed by atoms with E-state index in [1.54, 1.807) is 18.5 Å². The summed E-state index contributed by atoms with van der Waals surface area (Å²) in [6.07, 6.45) is 4.90. The lowest BCUT2D eigenvalue weighted by Gasteiger charge is -2.25. The molecule has 0 saturated heterocycles. The van der Waals surface area contributed by atoms with Gasteiger partial charge in [-0.2, -0.15) is 0 Å². The quantitative estimate of drug-likeness (QED) is 0.167. The Labute approximate surface area is 206 Å². The lowest BCUT2D eigenvalue weighted by molar-refractivity contribution is -0.122. The monoisotopic (exact) mass is 498 g/mol. The molecule has 0 radical (unpaired) electrons. The van der Waals surface area contributed by atoms with Crippen LogP contribution in [0.3, 0.4) is 0 Å². The van der Waals surface area contributed by atoms with Gasteiger partial charge < -0.3 is 20.1 Å². The van der Waals surface area contributed by atoms with E-state index in [4.69, 9.17) is 16.3 Å². The SMILES string of the molecule is C[Si](C)(C)CCOCN(c1ccc(Cl)nc1)c1nccc2cc(NC(=O)C3(CO)CC3)ccc12. The van der Waals surface area contributed by atoms with Crippen molar-refractivity contribution in [3.05, 3.63) is 53.9 Å². The van der Waals surface area contributed by atoms with Crippen molar-refractivity contribution in [2.75, 3.05) is 30.2 Å². The highest BCUT2D eigenvalue weighted by Gasteiger charge is 2.49. The van der Waals surface area contributed by atoms with Crippen LogP contribution in [0.2, 0.25) is 30.8 Å². The number of amides is 1. The first-order valence-corrected chi connectivity index (χ1v) is 15.6. The fourth-order valence-corrected chi connectivity index (χ4v) is 4.51. The molecule has 2 N–H and O–H groups in total. The van der Waals surface area contributed by atoms with Gasteiger partial charge in [-0.05, 0) is 60.7 Å². The van der Waals surface area contributed by atoms with Gasteiger partial charge >= 0.3 is 0 Å². The highest BCUT2D eigenvalue weighted by atomic mass is 35.5. The Morgan fingerprint density at radius 2 is 2.00 bits per heavy atom. The number of anilines is 3. The topological polar surface area (TPSA) is 87.6 Å². The van der Waals surface area contributed by atoms with Crippen LogP contribution >= 0.6 is 11.6 Å². The summed E-state index contributed by atoms with van der Waals surface area (Å²) in [4.78, 5) is 23.4. The van der Waals surface area contributed by atoms with E-state index in [0.717, 1.165) is 41.2 Å². The number of benzene rings is 1. The first kappa shape index (κ1) is 24.6. The van der Waals surface area contributed by atoms with Gasteiger partial charge in [-0.15, -0.1) is 0 Å². The molecule has 34 heavy (non-hydrogen) atoms. The van der Waals surface area contributed by atoms with Gasteiger partial charge in [-0.25, -0.2) is 9.97 Å². The number of rotatable bonds is 10. The van der Waals surface area contributed by atoms with Crippen LogP contribution in [-0.2, 0) is 9.53 Å². The summed E-state index contributed by atoms with van der Waals surface area (Å²) in [5.74, 6) is 0.606. The molecule has 0 unspecified atom stereocenters. The molecule has 2 heterocycles. The van der Waals surface area contributed by atoms with E-state index in [-0.39, 0.29) is 12.5 Å². The van der Waals surface area contributed by atoms with E-state index in [1.165, 1.54) is 0 Å². The van der Waals surface area contributed by atoms with E-state index in [0.29, 0.717) is 24.2 Å². The third-order valence-electron chi connectivity index (χ3n) is 6.14. The van der Waals surface area contributed by atoms with Crippen LogP contribution in [0.1, 0.15) is 12.8 Å². The fourth-order valence-electron chi connectivity index (χ4n) is 3.65. The summed E-state index contributed by atoms with van der Waals surface area (Å²) in [5, 5.41) is 14.8. The van der Waals surface area contributed by atoms with Crippen LogP contribution in [0.4, 0.5) is 17.2 Å². The van der Waals surface area contributed by atoms with Crippen molar-refractivity contribution in [3.63, 3.8) is 0 Å². The number of halogens is 1. The van der Waals surface area contributed by atoms with E-state index in [1.807, 2.05) is 35.2 Å². The summed E-state index contributed by atoms with van der Waals surface area (Å²) >= 11 is 6.02. The molecule has 3 aromatic rings. The van der Waals surface area contributed by atoms with E-state index in [9.17, 15) is 9.90 Å². The van der Waals surface area contributed by atoms with Crippen molar-refractivity contribution in [2.24, 2.45) is 5.41 Å². The molecule has 0 atom stereocenters. The molecule has 0 aliphatic heterocycles. The van der Waals surface area contributed by atoms with Crippen LogP contribution in [-0.4, -0.2) is 49.0 Å². The number of hydrogen-bond acceptors (Lipinski definition) is 6. The van der Waals surface area contributed by atoms with Gasteiger partial charge in [0.2, 0.25) is 5.91 Å². The van der Waals surface area contributed by atoms with Crippen LogP contribution in [0.25, 0.3) is 10.8 Å². The second-order valence-corrected chi connectivity index (χ2v) is 16.1. The maximum Gasteiger partial charge on any atom is 0.232 e. The fraction of sp³-hybridized carbons (Fsp3) is 0.400. The Morgan fingerprint density at radius 1 is 1.21 bits per heavy atom. The lowest BCUT2D eigenvalue weighted by Crippen LogP contribution is -2.27. The standard InChI is InChI=1S/C25H31ClN4O3Si/c1-34(2,3)13-12-33-17-30(20-5-7-22(26)28-15-20)23-21-6-4-19(14-18(21)8-11-27-23)29-24(32)25(16-31)9-10-25/h4-8,11,14-15,31H,9-10,12-13,16-17H2,1-3H3,(H,29,32). The van der Waals surface area contributed by atoms with Crippen molar-refractivity contribution in [2.45, 2.75) is 38.5 Å². The van der Waals surface area contributed by atoms with Gasteiger partial charge in [-0.3, -0.25) is 4.79 Å². The van der Waals surface area contributed by atoms with Crippen LogP contribution in [0.15, 0.2) is 48.8 Å². The number of nitrogens with one attached hydrogen (secondary N) is 1. The molecular formula is C25H31ClN4O3Si. The van der Waals surface area contributed by atoms with Crippen molar-refractivity contribution >= 4 is 53.5 Å². The summed E-state index contributed by atoms with van der Waals surface area (Å²) in [6, 6.07) is 12.4. The first-order chi connectivity index (χ1) is 16.2. The number of aliphatic hydroxyl groups excluding tert-OH is 1. The minimum atomic E-state index is -1.21. The number of ether oxygens (including phenoxy) is 1. The van der Waals surface area contributed by atoms with E-state index < -0.39 is 13.5 Å². The first-order valence-electron chi connectivity index (χ1n) is 11.5. The summed E-state index contributed by atoms with van der Waals surface area (Å²) < 4.78 is 6.07. The van der Waals surface area contributed by atoms with Crippen molar-refractivity contribution in [1.82, 2.24) is 9.97 Å². The van der Waals surface area contributed by atoms with Gasteiger partial charge in [0.25, 0.3) is 0 Å². The zero-order valence-corrected chi connectivity index (χ0v) is 21.6. The molecule has 0 spiro atoms. The maximum atomic E-state index is 12.5. The van der Waals surface area contributed by atoms with Gasteiger partial charge in [0.15, 0.2) is 0 Å². The molecule has 1 aliphatic rings. The highest BCUT2D eigenvalue weighted by molar-refractivity contribution is 6.76. The Balaban J connectivity index is 1.61. The molecule has 9 heteroatoms. The third-order valence-corrected chi connectivity index (χ3v) is 8.06. The van der Waals surface area contributed by atoms with Gasteiger partial charge in [0.1, 0.15) is 17.7 Å². The second-order valence-electron chi connectivity index (χ2n) is 10.1. The lowest BCUT2D eigenvalue weighted by atomic mass is 10.1. The molecule has 1 amide bonds. The normalized spacial score (nSPS) is 14.7. The van der Waals surface area contributed by atoms with Crippen molar-refractivity contribution < 1.29 is 14.6 Å². The molecule has 180 valence electrons. The Hall–Kier alpha value is -2.52. The Kier molecular flexibility index (Phi) is 7.23. The zero-order valence-electron chi connectivity index (χ0n) is 19.8. The van der Waals surface area contributed by atoms with Crippen LogP contribution in [0, 0.1) is 5.41 Å². The minimum Gasteiger partial charge on any atom is -0.395 e. The number of aromatic nitrogens is 2. The molecule has 2 aromatic heterocycles. The van der Waals surface area contributed by atoms with Gasteiger partial charge in [0.05, 0.1) is 23.9 Å². The van der Waals surface area contributed by atoms with E-state index >= 15 is 0 Å². The molecular weight excluding hydrogens is 468 g/mol. The predicted molar refractivity (Wildman–Crippen MR) is 139 cm³/mol. The van der Waals surface area contributed by atoms with Gasteiger partial charge in [-0.1, -0.05) is 31.2 Å².